The van der Waals surface area contributed by atoms with E-state index < -0.39 is 23.3 Å². The summed E-state index contributed by atoms with van der Waals surface area (Å²) >= 11 is 0. The van der Waals surface area contributed by atoms with Crippen molar-refractivity contribution < 1.29 is 4.74 Å². The van der Waals surface area contributed by atoms with Crippen LogP contribution in [-0.4, -0.2) is 42.4 Å². The van der Waals surface area contributed by atoms with Gasteiger partial charge in [0.05, 0.1) is 28.6 Å². The number of benzene rings is 1. The maximum Gasteiger partial charge on any atom is 0.156 e. The zero-order chi connectivity index (χ0) is 15.8. The van der Waals surface area contributed by atoms with Gasteiger partial charge in [-0.25, -0.2) is 7.14 Å². The predicted molar refractivity (Wildman–Crippen MR) is 102 cm³/mol. The normalized spacial score (nSPS) is 16.1. The van der Waals surface area contributed by atoms with Gasteiger partial charge < -0.3 is 4.74 Å². The van der Waals surface area contributed by atoms with Crippen molar-refractivity contribution in [1.82, 2.24) is 0 Å². The molecule has 0 aliphatic rings. The van der Waals surface area contributed by atoms with Crippen LogP contribution in [0.5, 0.6) is 5.75 Å². The van der Waals surface area contributed by atoms with Crippen LogP contribution in [0.2, 0.25) is 39.3 Å². The summed E-state index contributed by atoms with van der Waals surface area (Å²) in [5.41, 5.74) is 0. The van der Waals surface area contributed by atoms with Gasteiger partial charge in [-0.1, -0.05) is 51.4 Å². The Hall–Kier alpha value is -0.0513. The van der Waals surface area contributed by atoms with E-state index in [4.69, 9.17) is 12.3 Å². The quantitative estimate of drug-likeness (QED) is 0.583. The molecule has 1 unspecified atom stereocenters. The van der Waals surface area contributed by atoms with Crippen LogP contribution in [0, 0.1) is 0 Å². The van der Waals surface area contributed by atoms with Crippen LogP contribution in [0.15, 0.2) is 24.3 Å². The third-order valence-electron chi connectivity index (χ3n) is 3.78. The van der Waals surface area contributed by atoms with E-state index in [-0.39, 0.29) is 0 Å². The average molecular weight is 323 g/mol. The summed E-state index contributed by atoms with van der Waals surface area (Å²) in [6.07, 6.45) is 0. The second-order valence-electron chi connectivity index (χ2n) is 7.95. The molecule has 0 aliphatic carbocycles. The first-order chi connectivity index (χ1) is 8.92. The lowest BCUT2D eigenvalue weighted by molar-refractivity contribution is 0.418. The monoisotopic (exact) mass is 323 g/mol. The molecule has 1 atom stereocenters. The largest absolute Gasteiger partial charge is 0.493 e. The van der Waals surface area contributed by atoms with E-state index >= 15 is 0 Å². The van der Waals surface area contributed by atoms with Crippen molar-refractivity contribution in [2.75, 3.05) is 13.8 Å². The van der Waals surface area contributed by atoms with Gasteiger partial charge in [0.1, 0.15) is 0 Å². The molecule has 0 aliphatic heterocycles. The number of methoxy groups -OCH3 is 1. The van der Waals surface area contributed by atoms with Gasteiger partial charge in [0, 0.05) is 11.6 Å². The smallest absolute Gasteiger partial charge is 0.156 e. The van der Waals surface area contributed by atoms with Crippen LogP contribution >= 0.6 is 7.14 Å². The summed E-state index contributed by atoms with van der Waals surface area (Å²) in [5.74, 6) is 0.965. The minimum absolute atomic E-state index is 0.693. The first kappa shape index (κ1) is 18.0. The van der Waals surface area contributed by atoms with Crippen LogP contribution in [0.1, 0.15) is 0 Å². The van der Waals surface area contributed by atoms with Crippen molar-refractivity contribution >= 4 is 36.2 Å². The molecule has 1 rings (SSSR count). The van der Waals surface area contributed by atoms with Crippen LogP contribution in [0.25, 0.3) is 0 Å². The van der Waals surface area contributed by atoms with Crippen molar-refractivity contribution in [2.24, 2.45) is 0 Å². The molecule has 1 aromatic carbocycles. The Morgan fingerprint density at radius 2 is 1.45 bits per heavy atom. The molecule has 0 saturated heterocycles. The first-order valence-corrected chi connectivity index (χ1v) is 16.7. The molecule has 5 heteroatoms. The molecule has 111 valence electrons. The fourth-order valence-electron chi connectivity index (χ4n) is 4.08. The standard InChI is InChI=1S/C15H29BOPSi2/c1-17-13-11-9-10-12-14(13)18(2,16)15(19(3,4)5)20(6,7)8/h9-12,15H,1-8H3. The number of hydrogen-bond acceptors (Lipinski definition) is 1. The van der Waals surface area contributed by atoms with E-state index in [0.29, 0.717) is 4.91 Å². The van der Waals surface area contributed by atoms with E-state index in [0.717, 1.165) is 5.75 Å². The maximum absolute atomic E-state index is 7.03. The molecule has 0 N–H and O–H groups in total. The van der Waals surface area contributed by atoms with E-state index in [1.807, 2.05) is 12.1 Å². The van der Waals surface area contributed by atoms with Crippen LogP contribution in [0.3, 0.4) is 0 Å². The maximum atomic E-state index is 7.03. The fourth-order valence-corrected chi connectivity index (χ4v) is 29.5. The first-order valence-electron chi connectivity index (χ1n) is 7.20. The van der Waals surface area contributed by atoms with E-state index in [2.05, 4.69) is 58.1 Å². The van der Waals surface area contributed by atoms with Crippen molar-refractivity contribution in [3.05, 3.63) is 24.3 Å². The minimum atomic E-state index is -1.70. The lowest BCUT2D eigenvalue weighted by Crippen LogP contribution is -2.56. The summed E-state index contributed by atoms with van der Waals surface area (Å²) in [5, 5.41) is 1.26. The zero-order valence-electron chi connectivity index (χ0n) is 14.3. The predicted octanol–water partition coefficient (Wildman–Crippen LogP) is 4.17. The van der Waals surface area contributed by atoms with Gasteiger partial charge in [-0.2, -0.15) is 0 Å². The molecular formula is C15H29BOPSi2. The summed E-state index contributed by atoms with van der Waals surface area (Å²) in [6, 6.07) is 8.35. The molecule has 0 saturated carbocycles. The molecule has 0 fully saturated rings. The highest BCUT2D eigenvalue weighted by Crippen LogP contribution is 2.60. The van der Waals surface area contributed by atoms with Crippen molar-refractivity contribution in [2.45, 2.75) is 44.2 Å². The van der Waals surface area contributed by atoms with Gasteiger partial charge >= 0.3 is 0 Å². The van der Waals surface area contributed by atoms with Crippen molar-refractivity contribution in [3.63, 3.8) is 0 Å². The Labute approximate surface area is 129 Å². The number of para-hydroxylation sites is 1. The Bertz CT molecular complexity index is 450. The molecule has 0 aromatic heterocycles. The molecule has 0 amide bonds. The van der Waals surface area contributed by atoms with Gasteiger partial charge in [-0.3, -0.25) is 7.57 Å². The highest BCUT2D eigenvalue weighted by Gasteiger charge is 2.47. The van der Waals surface area contributed by atoms with Crippen LogP contribution in [0.4, 0.5) is 0 Å². The number of ether oxygens (including phenoxy) is 1. The van der Waals surface area contributed by atoms with Gasteiger partial charge in [0.25, 0.3) is 0 Å². The summed E-state index contributed by atoms with van der Waals surface area (Å²) in [6.45, 7) is 17.1. The number of rotatable bonds is 5. The van der Waals surface area contributed by atoms with E-state index in [1.165, 1.54) is 5.30 Å². The Morgan fingerprint density at radius 3 is 1.85 bits per heavy atom. The molecule has 0 bridgehead atoms. The van der Waals surface area contributed by atoms with E-state index in [1.54, 1.807) is 7.11 Å². The molecule has 20 heavy (non-hydrogen) atoms. The topological polar surface area (TPSA) is 9.23 Å². The number of hydrogen-bond donors (Lipinski definition) is 0. The second-order valence-corrected chi connectivity index (χ2v) is 23.4. The fraction of sp³-hybridized carbons (Fsp3) is 0.600. The summed E-state index contributed by atoms with van der Waals surface area (Å²) < 4.78 is 5.59. The molecule has 1 nitrogen and oxygen atoms in total. The third kappa shape index (κ3) is 3.78. The average Bonchev–Trinajstić information content (AvgIpc) is 2.24. The summed E-state index contributed by atoms with van der Waals surface area (Å²) in [4.78, 5) is 0.693. The van der Waals surface area contributed by atoms with Crippen LogP contribution < -0.4 is 10.0 Å². The van der Waals surface area contributed by atoms with Gasteiger partial charge in [-0.15, -0.1) is 0 Å². The lowest BCUT2D eigenvalue weighted by atomic mass is 10.3. The highest BCUT2D eigenvalue weighted by molar-refractivity contribution is 8.06. The van der Waals surface area contributed by atoms with Gasteiger partial charge in [0.2, 0.25) is 0 Å². The highest BCUT2D eigenvalue weighted by atomic mass is 31.2. The molecule has 1 aromatic rings. The van der Waals surface area contributed by atoms with E-state index in [9.17, 15) is 0 Å². The van der Waals surface area contributed by atoms with Crippen molar-refractivity contribution in [3.8, 4) is 5.75 Å². The zero-order valence-corrected chi connectivity index (χ0v) is 17.2. The molecule has 0 spiro atoms. The van der Waals surface area contributed by atoms with Gasteiger partial charge in [-0.05, 0) is 12.1 Å². The lowest BCUT2D eigenvalue weighted by Gasteiger charge is -2.52. The second kappa shape index (κ2) is 5.98. The molecular weight excluding hydrogens is 294 g/mol. The Balaban J connectivity index is 3.45. The van der Waals surface area contributed by atoms with Gasteiger partial charge in [0.15, 0.2) is 5.75 Å². The Morgan fingerprint density at radius 1 is 1.00 bits per heavy atom. The minimum Gasteiger partial charge on any atom is -0.493 e. The summed E-state index contributed by atoms with van der Waals surface area (Å²) in [7, 11) is 4.38. The molecule has 0 heterocycles. The van der Waals surface area contributed by atoms with Crippen LogP contribution in [-0.2, 0) is 0 Å². The Kier molecular flexibility index (Phi) is 5.38. The SMILES string of the molecule is [B-][P+](C)(c1ccccc1OC)C([Si](C)(C)C)[Si](C)(C)C. The van der Waals surface area contributed by atoms with Crippen molar-refractivity contribution in [1.29, 1.82) is 0 Å². The third-order valence-corrected chi connectivity index (χ3v) is 22.6. The molecule has 3 radical (unpaired) electrons.